The summed E-state index contributed by atoms with van der Waals surface area (Å²) < 4.78 is 44.7. The summed E-state index contributed by atoms with van der Waals surface area (Å²) in [6.45, 7) is 15.1. The Balaban J connectivity index is 0.000000591. The van der Waals surface area contributed by atoms with Crippen LogP contribution in [-0.4, -0.2) is 73.7 Å². The quantitative estimate of drug-likeness (QED) is 0.304. The Labute approximate surface area is 257 Å². The second-order valence-electron chi connectivity index (χ2n) is 12.0. The van der Waals surface area contributed by atoms with Crippen molar-refractivity contribution < 1.29 is 37.1 Å². The molecular formula is C30H36F3N7O5. The zero-order valence-electron chi connectivity index (χ0n) is 25.8. The lowest BCUT2D eigenvalue weighted by atomic mass is 9.96. The fraction of sp³-hybridized carbons (Fsp3) is 0.467. The summed E-state index contributed by atoms with van der Waals surface area (Å²) in [5.41, 5.74) is 5.66. The maximum absolute atomic E-state index is 12.6. The molecule has 1 aromatic carbocycles. The fourth-order valence-electron chi connectivity index (χ4n) is 4.54. The van der Waals surface area contributed by atoms with Gasteiger partial charge in [-0.05, 0) is 36.1 Å². The number of carbonyl (C=O) groups is 2. The summed E-state index contributed by atoms with van der Waals surface area (Å²) in [4.78, 5) is 32.7. The van der Waals surface area contributed by atoms with Gasteiger partial charge in [-0.1, -0.05) is 51.9 Å². The van der Waals surface area contributed by atoms with Crippen LogP contribution in [0.2, 0.25) is 0 Å². The third kappa shape index (κ3) is 8.15. The van der Waals surface area contributed by atoms with Crippen molar-refractivity contribution in [3.63, 3.8) is 0 Å². The highest BCUT2D eigenvalue weighted by molar-refractivity contribution is 5.89. The number of aliphatic carboxylic acids is 1. The molecule has 3 aromatic heterocycles. The molecule has 1 saturated heterocycles. The monoisotopic (exact) mass is 631 g/mol. The number of nitrogens with zero attached hydrogens (tertiary/aromatic N) is 6. The van der Waals surface area contributed by atoms with Crippen LogP contribution in [0.1, 0.15) is 62.3 Å². The van der Waals surface area contributed by atoms with Crippen LogP contribution in [0, 0.1) is 12.8 Å². The molecule has 1 aliphatic heterocycles. The normalized spacial score (nSPS) is 15.6. The highest BCUT2D eigenvalue weighted by Gasteiger charge is 2.38. The van der Waals surface area contributed by atoms with Gasteiger partial charge in [0.1, 0.15) is 6.33 Å². The van der Waals surface area contributed by atoms with E-state index in [0.717, 1.165) is 53.3 Å². The molecule has 1 aliphatic rings. The largest absolute Gasteiger partial charge is 0.490 e. The van der Waals surface area contributed by atoms with E-state index < -0.39 is 18.1 Å². The number of rotatable bonds is 6. The molecule has 0 radical (unpaired) electrons. The van der Waals surface area contributed by atoms with Crippen molar-refractivity contribution >= 4 is 23.1 Å². The minimum atomic E-state index is -5.08. The van der Waals surface area contributed by atoms with Crippen molar-refractivity contribution in [1.82, 2.24) is 30.1 Å². The molecule has 2 N–H and O–H groups in total. The van der Waals surface area contributed by atoms with E-state index in [9.17, 15) is 18.0 Å². The van der Waals surface area contributed by atoms with E-state index in [-0.39, 0.29) is 17.4 Å². The Hall–Kier alpha value is -4.53. The maximum Gasteiger partial charge on any atom is 0.490 e. The van der Waals surface area contributed by atoms with E-state index >= 15 is 0 Å². The minimum Gasteiger partial charge on any atom is -0.475 e. The van der Waals surface area contributed by atoms with Crippen LogP contribution in [0.15, 0.2) is 41.3 Å². The number of aromatic nitrogens is 5. The van der Waals surface area contributed by atoms with Gasteiger partial charge in [0.15, 0.2) is 5.82 Å². The molecule has 12 nitrogen and oxygen atoms in total. The van der Waals surface area contributed by atoms with Gasteiger partial charge in [-0.2, -0.15) is 23.3 Å². The highest BCUT2D eigenvalue weighted by Crippen LogP contribution is 2.29. The van der Waals surface area contributed by atoms with E-state index in [1.807, 2.05) is 44.3 Å². The summed E-state index contributed by atoms with van der Waals surface area (Å²) in [5, 5.41) is 18.4. The molecule has 1 atom stereocenters. The third-order valence-corrected chi connectivity index (χ3v) is 7.18. The number of benzene rings is 1. The molecule has 15 heteroatoms. The molecule has 0 aliphatic carbocycles. The first-order valence-corrected chi connectivity index (χ1v) is 14.3. The van der Waals surface area contributed by atoms with Gasteiger partial charge in [0.2, 0.25) is 0 Å². The Morgan fingerprint density at radius 1 is 1.18 bits per heavy atom. The van der Waals surface area contributed by atoms with Crippen molar-refractivity contribution in [2.45, 2.75) is 65.8 Å². The van der Waals surface area contributed by atoms with E-state index in [1.54, 1.807) is 6.33 Å². The molecule has 0 spiro atoms. The molecule has 1 unspecified atom stereocenters. The average molecular weight is 632 g/mol. The van der Waals surface area contributed by atoms with E-state index in [0.29, 0.717) is 18.3 Å². The molecule has 45 heavy (non-hydrogen) atoms. The van der Waals surface area contributed by atoms with Gasteiger partial charge in [-0.15, -0.1) is 0 Å². The fourth-order valence-corrected chi connectivity index (χ4v) is 4.54. The molecule has 5 rings (SSSR count). The highest BCUT2D eigenvalue weighted by atomic mass is 19.4. The van der Waals surface area contributed by atoms with Crippen LogP contribution in [0.3, 0.4) is 0 Å². The number of alkyl halides is 3. The van der Waals surface area contributed by atoms with Crippen LogP contribution in [0.4, 0.5) is 18.9 Å². The third-order valence-electron chi connectivity index (χ3n) is 7.18. The molecule has 4 aromatic rings. The second kappa shape index (κ2) is 13.2. The number of amides is 1. The molecule has 0 bridgehead atoms. The molecule has 0 saturated carbocycles. The number of carboxylic acids is 1. The summed E-state index contributed by atoms with van der Waals surface area (Å²) in [6, 6.07) is 8.27. The number of hydrogen-bond acceptors (Lipinski definition) is 9. The molecule has 242 valence electrons. The predicted molar refractivity (Wildman–Crippen MR) is 158 cm³/mol. The standard InChI is InChI=1S/C28H35N7O3.C2HF3O2/c1-17(2)23-15-34(9-10-37-23)21-12-22-24(30-16-31-35(22)14-21)19-7-8-20(18(3)11-19)13-29-25(36)26-32-27(33-38-26)28(4,5)6;3-2(4,5)1(6)7/h7-8,11-12,14,16-17,23H,9-10,13,15H2,1-6H3,(H,29,36);(H,6,7). The molecule has 1 fully saturated rings. The summed E-state index contributed by atoms with van der Waals surface area (Å²) in [5.74, 6) is -2.22. The molecular weight excluding hydrogens is 595 g/mol. The minimum absolute atomic E-state index is 0.0309. The number of nitrogens with one attached hydrogen (secondary N) is 1. The van der Waals surface area contributed by atoms with Crippen molar-refractivity contribution in [3.05, 3.63) is 59.6 Å². The number of ether oxygens (including phenoxy) is 1. The van der Waals surface area contributed by atoms with Crippen LogP contribution in [0.25, 0.3) is 16.8 Å². The maximum atomic E-state index is 12.6. The second-order valence-corrected chi connectivity index (χ2v) is 12.0. The summed E-state index contributed by atoms with van der Waals surface area (Å²) >= 11 is 0. The zero-order chi connectivity index (χ0) is 33.1. The van der Waals surface area contributed by atoms with Crippen LogP contribution in [-0.2, 0) is 21.5 Å². The van der Waals surface area contributed by atoms with Crippen molar-refractivity contribution in [3.8, 4) is 11.3 Å². The zero-order valence-corrected chi connectivity index (χ0v) is 25.8. The van der Waals surface area contributed by atoms with Crippen LogP contribution >= 0.6 is 0 Å². The van der Waals surface area contributed by atoms with Gasteiger partial charge in [-0.3, -0.25) is 4.79 Å². The van der Waals surface area contributed by atoms with Crippen molar-refractivity contribution in [2.24, 2.45) is 5.92 Å². The van der Waals surface area contributed by atoms with Gasteiger partial charge in [0.05, 0.1) is 35.8 Å². The first kappa shape index (κ1) is 33.4. The lowest BCUT2D eigenvalue weighted by Gasteiger charge is -2.35. The Morgan fingerprint density at radius 3 is 2.49 bits per heavy atom. The van der Waals surface area contributed by atoms with E-state index in [1.165, 1.54) is 0 Å². The number of carboxylic acid groups (broad SMARTS) is 1. The number of aryl methyl sites for hydroxylation is 1. The van der Waals surface area contributed by atoms with Gasteiger partial charge < -0.3 is 24.6 Å². The lowest BCUT2D eigenvalue weighted by molar-refractivity contribution is -0.192. The van der Waals surface area contributed by atoms with E-state index in [2.05, 4.69) is 62.6 Å². The number of carbonyl (C=O) groups excluding carboxylic acids is 1. The number of anilines is 1. The topological polar surface area (TPSA) is 148 Å². The Bertz CT molecular complexity index is 1660. The SMILES string of the molecule is Cc1cc(-c2ncnn3cc(N4CCOC(C(C)C)C4)cc23)ccc1CNC(=O)c1nc(C(C)(C)C)no1.O=C(O)C(F)(F)F. The number of hydrogen-bond donors (Lipinski definition) is 2. The molecule has 1 amide bonds. The first-order valence-electron chi connectivity index (χ1n) is 14.3. The lowest BCUT2D eigenvalue weighted by Crippen LogP contribution is -2.44. The van der Waals surface area contributed by atoms with Gasteiger partial charge in [-0.25, -0.2) is 14.3 Å². The Morgan fingerprint density at radius 2 is 1.89 bits per heavy atom. The van der Waals surface area contributed by atoms with Crippen molar-refractivity contribution in [2.75, 3.05) is 24.6 Å². The smallest absolute Gasteiger partial charge is 0.475 e. The number of morpholine rings is 1. The van der Waals surface area contributed by atoms with Crippen molar-refractivity contribution in [1.29, 1.82) is 0 Å². The number of halogens is 3. The van der Waals surface area contributed by atoms with E-state index in [4.69, 9.17) is 19.2 Å². The van der Waals surface area contributed by atoms with Crippen LogP contribution in [0.5, 0.6) is 0 Å². The van der Waals surface area contributed by atoms with Gasteiger partial charge in [0.25, 0.3) is 0 Å². The molecule has 4 heterocycles. The summed E-state index contributed by atoms with van der Waals surface area (Å²) in [6.07, 6.45) is -1.22. The van der Waals surface area contributed by atoms with Gasteiger partial charge >= 0.3 is 23.9 Å². The first-order chi connectivity index (χ1) is 21.0. The van der Waals surface area contributed by atoms with Gasteiger partial charge in [0, 0.05) is 30.6 Å². The van der Waals surface area contributed by atoms with Crippen LogP contribution < -0.4 is 10.2 Å². The predicted octanol–water partition coefficient (Wildman–Crippen LogP) is 4.81. The average Bonchev–Trinajstić information content (AvgIpc) is 3.64. The summed E-state index contributed by atoms with van der Waals surface area (Å²) in [7, 11) is 0. The number of fused-ring (bicyclic) bond motifs is 1. The Kier molecular flexibility index (Phi) is 9.80.